The molecular formula is C15H20FNO. The maximum atomic E-state index is 13.0. The van der Waals surface area contributed by atoms with Gasteiger partial charge >= 0.3 is 0 Å². The number of piperidine rings is 1. The van der Waals surface area contributed by atoms with Crippen LogP contribution in [0.5, 0.6) is 0 Å². The van der Waals surface area contributed by atoms with E-state index in [4.69, 9.17) is 0 Å². The number of rotatable bonds is 3. The van der Waals surface area contributed by atoms with E-state index in [2.05, 4.69) is 6.92 Å². The molecule has 1 aliphatic rings. The van der Waals surface area contributed by atoms with Crippen LogP contribution in [0.25, 0.3) is 0 Å². The second-order valence-electron chi connectivity index (χ2n) is 5.06. The Morgan fingerprint density at radius 3 is 3.00 bits per heavy atom. The summed E-state index contributed by atoms with van der Waals surface area (Å²) >= 11 is 0. The third-order valence-corrected chi connectivity index (χ3v) is 3.64. The van der Waals surface area contributed by atoms with Crippen LogP contribution in [0.1, 0.15) is 38.2 Å². The number of carbonyl (C=O) groups excluding carboxylic acids is 1. The molecule has 1 heterocycles. The van der Waals surface area contributed by atoms with Crippen molar-refractivity contribution < 1.29 is 9.18 Å². The van der Waals surface area contributed by atoms with Gasteiger partial charge in [0.2, 0.25) is 5.91 Å². The highest BCUT2D eigenvalue weighted by atomic mass is 19.1. The van der Waals surface area contributed by atoms with Gasteiger partial charge in [0, 0.05) is 19.0 Å². The second kappa shape index (κ2) is 5.98. The summed E-state index contributed by atoms with van der Waals surface area (Å²) in [6.07, 6.45) is 4.53. The molecular weight excluding hydrogens is 229 g/mol. The number of halogens is 1. The third kappa shape index (κ3) is 3.31. The Balaban J connectivity index is 1.88. The number of hydrogen-bond acceptors (Lipinski definition) is 1. The minimum atomic E-state index is -0.230. The molecule has 1 saturated heterocycles. The van der Waals surface area contributed by atoms with Crippen LogP contribution in [0.3, 0.4) is 0 Å². The van der Waals surface area contributed by atoms with Crippen LogP contribution in [0.4, 0.5) is 4.39 Å². The molecule has 0 saturated carbocycles. The summed E-state index contributed by atoms with van der Waals surface area (Å²) in [5.41, 5.74) is 0.896. The van der Waals surface area contributed by atoms with Crippen molar-refractivity contribution in [2.24, 2.45) is 0 Å². The Labute approximate surface area is 108 Å². The molecule has 1 unspecified atom stereocenters. The maximum Gasteiger partial charge on any atom is 0.223 e. The number of amides is 1. The van der Waals surface area contributed by atoms with E-state index in [9.17, 15) is 9.18 Å². The minimum Gasteiger partial charge on any atom is -0.340 e. The number of benzene rings is 1. The molecule has 1 fully saturated rings. The molecule has 0 bridgehead atoms. The predicted molar refractivity (Wildman–Crippen MR) is 69.7 cm³/mol. The first-order valence-corrected chi connectivity index (χ1v) is 6.71. The predicted octanol–water partition coefficient (Wildman–Crippen LogP) is 3.16. The van der Waals surface area contributed by atoms with Gasteiger partial charge in [-0.1, -0.05) is 12.1 Å². The average molecular weight is 249 g/mol. The van der Waals surface area contributed by atoms with Gasteiger partial charge in [0.15, 0.2) is 0 Å². The lowest BCUT2D eigenvalue weighted by Crippen LogP contribution is -2.42. The molecule has 3 heteroatoms. The molecule has 1 aliphatic heterocycles. The zero-order valence-corrected chi connectivity index (χ0v) is 10.9. The third-order valence-electron chi connectivity index (χ3n) is 3.64. The van der Waals surface area contributed by atoms with Crippen LogP contribution in [0, 0.1) is 5.82 Å². The van der Waals surface area contributed by atoms with Crippen molar-refractivity contribution in [3.05, 3.63) is 35.6 Å². The van der Waals surface area contributed by atoms with E-state index in [1.807, 2.05) is 11.0 Å². The molecule has 18 heavy (non-hydrogen) atoms. The van der Waals surface area contributed by atoms with Crippen LogP contribution in [-0.2, 0) is 11.2 Å². The van der Waals surface area contributed by atoms with Crippen molar-refractivity contribution in [1.29, 1.82) is 0 Å². The quantitative estimate of drug-likeness (QED) is 0.805. The lowest BCUT2D eigenvalue weighted by molar-refractivity contribution is -0.134. The number of hydrogen-bond donors (Lipinski definition) is 0. The zero-order chi connectivity index (χ0) is 13.0. The summed E-state index contributed by atoms with van der Waals surface area (Å²) in [5, 5.41) is 0. The summed E-state index contributed by atoms with van der Waals surface area (Å²) < 4.78 is 13.0. The largest absolute Gasteiger partial charge is 0.340 e. The van der Waals surface area contributed by atoms with Crippen molar-refractivity contribution in [3.63, 3.8) is 0 Å². The summed E-state index contributed by atoms with van der Waals surface area (Å²) in [6, 6.07) is 6.86. The second-order valence-corrected chi connectivity index (χ2v) is 5.06. The van der Waals surface area contributed by atoms with E-state index >= 15 is 0 Å². The van der Waals surface area contributed by atoms with Crippen LogP contribution in [0.15, 0.2) is 24.3 Å². The molecule has 0 spiro atoms. The van der Waals surface area contributed by atoms with Crippen molar-refractivity contribution in [3.8, 4) is 0 Å². The highest BCUT2D eigenvalue weighted by Crippen LogP contribution is 2.18. The first-order valence-electron chi connectivity index (χ1n) is 6.71. The lowest BCUT2D eigenvalue weighted by Gasteiger charge is -2.33. The molecule has 1 atom stereocenters. The Hall–Kier alpha value is -1.38. The molecule has 1 aromatic rings. The fourth-order valence-electron chi connectivity index (χ4n) is 2.56. The lowest BCUT2D eigenvalue weighted by atomic mass is 10.0. The maximum absolute atomic E-state index is 13.0. The van der Waals surface area contributed by atoms with Crippen molar-refractivity contribution in [2.75, 3.05) is 6.54 Å². The molecule has 2 nitrogen and oxygen atoms in total. The highest BCUT2D eigenvalue weighted by molar-refractivity contribution is 5.76. The van der Waals surface area contributed by atoms with Crippen molar-refractivity contribution in [1.82, 2.24) is 4.90 Å². The average Bonchev–Trinajstić information content (AvgIpc) is 2.37. The van der Waals surface area contributed by atoms with Gasteiger partial charge in [-0.05, 0) is 50.3 Å². The SMILES string of the molecule is CC1CCCCN1C(=O)CCc1cccc(F)c1. The molecule has 0 N–H and O–H groups in total. The number of likely N-dealkylation sites (tertiary alicyclic amines) is 1. The number of nitrogens with zero attached hydrogens (tertiary/aromatic N) is 1. The first-order chi connectivity index (χ1) is 8.66. The smallest absolute Gasteiger partial charge is 0.223 e. The molecule has 0 radical (unpaired) electrons. The van der Waals surface area contributed by atoms with Crippen LogP contribution in [-0.4, -0.2) is 23.4 Å². The van der Waals surface area contributed by atoms with Gasteiger partial charge in [-0.2, -0.15) is 0 Å². The van der Waals surface area contributed by atoms with Gasteiger partial charge in [-0.25, -0.2) is 4.39 Å². The van der Waals surface area contributed by atoms with Gasteiger partial charge in [-0.15, -0.1) is 0 Å². The molecule has 2 rings (SSSR count). The first kappa shape index (κ1) is 13.1. The summed E-state index contributed by atoms with van der Waals surface area (Å²) in [6.45, 7) is 2.99. The fourth-order valence-corrected chi connectivity index (χ4v) is 2.56. The van der Waals surface area contributed by atoms with Crippen molar-refractivity contribution >= 4 is 5.91 Å². The molecule has 0 aliphatic carbocycles. The monoisotopic (exact) mass is 249 g/mol. The minimum absolute atomic E-state index is 0.200. The van der Waals surface area contributed by atoms with E-state index in [0.29, 0.717) is 18.9 Å². The van der Waals surface area contributed by atoms with Gasteiger partial charge in [0.05, 0.1) is 0 Å². The van der Waals surface area contributed by atoms with E-state index in [1.165, 1.54) is 18.6 Å². The van der Waals surface area contributed by atoms with Gasteiger partial charge < -0.3 is 4.90 Å². The molecule has 0 aromatic heterocycles. The zero-order valence-electron chi connectivity index (χ0n) is 10.9. The molecule has 1 amide bonds. The standard InChI is InChI=1S/C15H20FNO/c1-12-5-2-3-10-17(12)15(18)9-8-13-6-4-7-14(16)11-13/h4,6-7,11-12H,2-3,5,8-10H2,1H3. The van der Waals surface area contributed by atoms with Crippen molar-refractivity contribution in [2.45, 2.75) is 45.1 Å². The highest BCUT2D eigenvalue weighted by Gasteiger charge is 2.22. The van der Waals surface area contributed by atoms with E-state index in [-0.39, 0.29) is 11.7 Å². The topological polar surface area (TPSA) is 20.3 Å². The van der Waals surface area contributed by atoms with E-state index < -0.39 is 0 Å². The summed E-state index contributed by atoms with van der Waals surface area (Å²) in [5.74, 6) is -0.0299. The van der Waals surface area contributed by atoms with Crippen LogP contribution >= 0.6 is 0 Å². The van der Waals surface area contributed by atoms with Crippen LogP contribution in [0.2, 0.25) is 0 Å². The summed E-state index contributed by atoms with van der Waals surface area (Å²) in [4.78, 5) is 14.1. The normalized spacial score (nSPS) is 19.9. The Bertz CT molecular complexity index is 419. The fraction of sp³-hybridized carbons (Fsp3) is 0.533. The molecule has 1 aromatic carbocycles. The van der Waals surface area contributed by atoms with Crippen LogP contribution < -0.4 is 0 Å². The molecule has 98 valence electrons. The van der Waals surface area contributed by atoms with Gasteiger partial charge in [-0.3, -0.25) is 4.79 Å². The Kier molecular flexibility index (Phi) is 4.34. The Morgan fingerprint density at radius 2 is 2.28 bits per heavy atom. The summed E-state index contributed by atoms with van der Waals surface area (Å²) in [7, 11) is 0. The van der Waals surface area contributed by atoms with Gasteiger partial charge in [0.25, 0.3) is 0 Å². The van der Waals surface area contributed by atoms with E-state index in [0.717, 1.165) is 24.9 Å². The number of aryl methyl sites for hydroxylation is 1. The van der Waals surface area contributed by atoms with Gasteiger partial charge in [0.1, 0.15) is 5.82 Å². The van der Waals surface area contributed by atoms with E-state index in [1.54, 1.807) is 6.07 Å². The Morgan fingerprint density at radius 1 is 1.44 bits per heavy atom. The number of carbonyl (C=O) groups is 1.